The molecule has 3 N–H and O–H groups in total. The second-order valence-electron chi connectivity index (χ2n) is 2.93. The number of anilines is 1. The number of nitrogen functional groups attached to an aromatic ring is 1. The van der Waals surface area contributed by atoms with E-state index < -0.39 is 0 Å². The van der Waals surface area contributed by atoms with Gasteiger partial charge < -0.3 is 15.2 Å². The summed E-state index contributed by atoms with van der Waals surface area (Å²) in [6.45, 7) is 0.124. The Morgan fingerprint density at radius 1 is 1.38 bits per heavy atom. The van der Waals surface area contributed by atoms with Crippen LogP contribution in [0, 0.1) is 0 Å². The lowest BCUT2D eigenvalue weighted by Crippen LogP contribution is -1.89. The van der Waals surface area contributed by atoms with Crippen molar-refractivity contribution in [3.63, 3.8) is 0 Å². The molecule has 0 bridgehead atoms. The van der Waals surface area contributed by atoms with Crippen molar-refractivity contribution in [2.45, 2.75) is 6.42 Å². The van der Waals surface area contributed by atoms with Crippen LogP contribution in [-0.2, 0) is 6.42 Å². The third kappa shape index (κ3) is 1.48. The van der Waals surface area contributed by atoms with Crippen LogP contribution in [-0.4, -0.2) is 21.1 Å². The van der Waals surface area contributed by atoms with Gasteiger partial charge in [0.25, 0.3) is 0 Å². The summed E-state index contributed by atoms with van der Waals surface area (Å²) in [5, 5.41) is 8.73. The van der Waals surface area contributed by atoms with Gasteiger partial charge in [-0.3, -0.25) is 0 Å². The highest BCUT2D eigenvalue weighted by molar-refractivity contribution is 5.48. The number of imidazole rings is 1. The molecule has 0 spiro atoms. The number of rotatable bonds is 2. The molecule has 0 unspecified atom stereocenters. The Morgan fingerprint density at radius 3 is 3.00 bits per heavy atom. The first-order valence-electron chi connectivity index (χ1n) is 4.13. The van der Waals surface area contributed by atoms with E-state index in [4.69, 9.17) is 10.8 Å². The minimum Gasteiger partial charge on any atom is -0.398 e. The van der Waals surface area contributed by atoms with Gasteiger partial charge in [0.15, 0.2) is 0 Å². The van der Waals surface area contributed by atoms with E-state index >= 15 is 0 Å². The Bertz CT molecular complexity index is 422. The van der Waals surface area contributed by atoms with E-state index in [9.17, 15) is 0 Å². The predicted octanol–water partition coefficient (Wildman–Crippen LogP) is 0.451. The van der Waals surface area contributed by atoms with Crippen LogP contribution in [0.25, 0.3) is 5.65 Å². The van der Waals surface area contributed by atoms with E-state index in [1.54, 1.807) is 0 Å². The molecular formula is C9H11N3O. The molecule has 0 aliphatic carbocycles. The van der Waals surface area contributed by atoms with Gasteiger partial charge >= 0.3 is 0 Å². The molecule has 0 aliphatic heterocycles. The molecule has 4 nitrogen and oxygen atoms in total. The zero-order chi connectivity index (χ0) is 9.26. The number of pyridine rings is 1. The van der Waals surface area contributed by atoms with Gasteiger partial charge in [0.2, 0.25) is 0 Å². The molecule has 0 aliphatic rings. The van der Waals surface area contributed by atoms with Gasteiger partial charge in [-0.15, -0.1) is 0 Å². The Morgan fingerprint density at radius 2 is 2.23 bits per heavy atom. The molecule has 0 aromatic carbocycles. The quantitative estimate of drug-likeness (QED) is 0.700. The second kappa shape index (κ2) is 3.06. The Hall–Kier alpha value is -1.55. The number of nitrogens with zero attached hydrogens (tertiary/aromatic N) is 2. The molecule has 2 heterocycles. The fourth-order valence-corrected chi connectivity index (χ4v) is 1.30. The molecule has 68 valence electrons. The van der Waals surface area contributed by atoms with Crippen LogP contribution in [0.4, 0.5) is 5.69 Å². The number of fused-ring (bicyclic) bond motifs is 1. The van der Waals surface area contributed by atoms with Gasteiger partial charge in [-0.2, -0.15) is 0 Å². The average Bonchev–Trinajstić information content (AvgIpc) is 2.46. The number of aromatic nitrogens is 2. The van der Waals surface area contributed by atoms with E-state index in [2.05, 4.69) is 4.98 Å². The molecule has 2 aromatic heterocycles. The van der Waals surface area contributed by atoms with Crippen molar-refractivity contribution in [3.05, 3.63) is 30.2 Å². The van der Waals surface area contributed by atoms with Crippen LogP contribution in [0.2, 0.25) is 0 Å². The number of nitrogens with two attached hydrogens (primary N) is 1. The lowest BCUT2D eigenvalue weighted by Gasteiger charge is -1.93. The summed E-state index contributed by atoms with van der Waals surface area (Å²) in [6, 6.07) is 3.67. The third-order valence-corrected chi connectivity index (χ3v) is 1.89. The lowest BCUT2D eigenvalue weighted by atomic mass is 10.4. The molecular weight excluding hydrogens is 166 g/mol. The number of hydrogen-bond acceptors (Lipinski definition) is 3. The summed E-state index contributed by atoms with van der Waals surface area (Å²) in [5.41, 5.74) is 8.06. The van der Waals surface area contributed by atoms with Crippen molar-refractivity contribution in [1.29, 1.82) is 0 Å². The number of aliphatic hydroxyl groups excluding tert-OH is 1. The fourth-order valence-electron chi connectivity index (χ4n) is 1.30. The van der Waals surface area contributed by atoms with Gasteiger partial charge in [0, 0.05) is 31.1 Å². The first-order chi connectivity index (χ1) is 6.29. The summed E-state index contributed by atoms with van der Waals surface area (Å²) < 4.78 is 1.86. The monoisotopic (exact) mass is 177 g/mol. The molecule has 0 amide bonds. The van der Waals surface area contributed by atoms with Gasteiger partial charge in [-0.05, 0) is 12.1 Å². The van der Waals surface area contributed by atoms with Gasteiger partial charge in [0.05, 0.1) is 5.69 Å². The first-order valence-corrected chi connectivity index (χ1v) is 4.13. The predicted molar refractivity (Wildman–Crippen MR) is 50.4 cm³/mol. The maximum atomic E-state index is 8.73. The highest BCUT2D eigenvalue weighted by Crippen LogP contribution is 2.08. The minimum atomic E-state index is 0.124. The zero-order valence-corrected chi connectivity index (χ0v) is 7.14. The van der Waals surface area contributed by atoms with Crippen molar-refractivity contribution >= 4 is 11.3 Å². The summed E-state index contributed by atoms with van der Waals surface area (Å²) in [7, 11) is 0. The molecule has 0 saturated carbocycles. The standard InChI is InChI=1S/C9H11N3O/c10-7-1-2-9-11-8(3-4-13)6-12(9)5-7/h1-2,5-6,13H,3-4,10H2. The zero-order valence-electron chi connectivity index (χ0n) is 7.14. The van der Waals surface area contributed by atoms with E-state index in [0.29, 0.717) is 12.1 Å². The van der Waals surface area contributed by atoms with E-state index in [1.165, 1.54) is 0 Å². The van der Waals surface area contributed by atoms with Crippen LogP contribution in [0.15, 0.2) is 24.5 Å². The number of hydrogen-bond donors (Lipinski definition) is 2. The van der Waals surface area contributed by atoms with Crippen LogP contribution in [0.3, 0.4) is 0 Å². The van der Waals surface area contributed by atoms with Crippen LogP contribution >= 0.6 is 0 Å². The fraction of sp³-hybridized carbons (Fsp3) is 0.222. The summed E-state index contributed by atoms with van der Waals surface area (Å²) >= 11 is 0. The van der Waals surface area contributed by atoms with E-state index in [1.807, 2.05) is 28.9 Å². The average molecular weight is 177 g/mol. The van der Waals surface area contributed by atoms with Crippen LogP contribution in [0.1, 0.15) is 5.69 Å². The van der Waals surface area contributed by atoms with Crippen molar-refractivity contribution in [2.24, 2.45) is 0 Å². The van der Waals surface area contributed by atoms with Crippen molar-refractivity contribution in [2.75, 3.05) is 12.3 Å². The molecule has 2 rings (SSSR count). The topological polar surface area (TPSA) is 63.5 Å². The maximum absolute atomic E-state index is 8.73. The van der Waals surface area contributed by atoms with E-state index in [-0.39, 0.29) is 6.61 Å². The van der Waals surface area contributed by atoms with E-state index in [0.717, 1.165) is 11.3 Å². The molecule has 0 saturated heterocycles. The second-order valence-corrected chi connectivity index (χ2v) is 2.93. The molecule has 13 heavy (non-hydrogen) atoms. The smallest absolute Gasteiger partial charge is 0.137 e. The Labute approximate surface area is 75.6 Å². The van der Waals surface area contributed by atoms with Crippen molar-refractivity contribution < 1.29 is 5.11 Å². The largest absolute Gasteiger partial charge is 0.398 e. The normalized spacial score (nSPS) is 10.8. The highest BCUT2D eigenvalue weighted by atomic mass is 16.3. The molecule has 4 heteroatoms. The van der Waals surface area contributed by atoms with Crippen LogP contribution in [0.5, 0.6) is 0 Å². The SMILES string of the molecule is Nc1ccc2nc(CCO)cn2c1. The van der Waals surface area contributed by atoms with Gasteiger partial charge in [-0.1, -0.05) is 0 Å². The summed E-state index contributed by atoms with van der Waals surface area (Å²) in [4.78, 5) is 4.29. The lowest BCUT2D eigenvalue weighted by molar-refractivity contribution is 0.298. The van der Waals surface area contributed by atoms with Gasteiger partial charge in [-0.25, -0.2) is 4.98 Å². The Kier molecular flexibility index (Phi) is 1.90. The molecule has 2 aromatic rings. The molecule has 0 fully saturated rings. The summed E-state index contributed by atoms with van der Waals surface area (Å²) in [6.07, 6.45) is 4.27. The molecule has 0 radical (unpaired) electrons. The highest BCUT2D eigenvalue weighted by Gasteiger charge is 1.99. The maximum Gasteiger partial charge on any atom is 0.137 e. The first kappa shape index (κ1) is 8.07. The Balaban J connectivity index is 2.49. The molecule has 0 atom stereocenters. The minimum absolute atomic E-state index is 0.124. The van der Waals surface area contributed by atoms with Crippen molar-refractivity contribution in [1.82, 2.24) is 9.38 Å². The third-order valence-electron chi connectivity index (χ3n) is 1.89. The van der Waals surface area contributed by atoms with Gasteiger partial charge in [0.1, 0.15) is 5.65 Å². The van der Waals surface area contributed by atoms with Crippen LogP contribution < -0.4 is 5.73 Å². The van der Waals surface area contributed by atoms with Crippen molar-refractivity contribution in [3.8, 4) is 0 Å². The summed E-state index contributed by atoms with van der Waals surface area (Å²) in [5.74, 6) is 0. The number of aliphatic hydroxyl groups is 1.